The fraction of sp³-hybridized carbons (Fsp3) is 0. The lowest BCUT2D eigenvalue weighted by Gasteiger charge is -2.21. The number of aromatic nitrogens is 2. The summed E-state index contributed by atoms with van der Waals surface area (Å²) in [6.45, 7) is 0. The van der Waals surface area contributed by atoms with Crippen molar-refractivity contribution in [3.05, 3.63) is 91.5 Å². The van der Waals surface area contributed by atoms with Gasteiger partial charge in [-0.25, -0.2) is 4.98 Å². The summed E-state index contributed by atoms with van der Waals surface area (Å²) in [5.74, 6) is -1.09. The second-order valence-corrected chi connectivity index (χ2v) is 11.4. The molecule has 0 spiro atoms. The average Bonchev–Trinajstić information content (AvgIpc) is 3.07. The number of carbonyl (C=O) groups excluding carboxylic acids is 2. The zero-order valence-electron chi connectivity index (χ0n) is 16.1. The van der Waals surface area contributed by atoms with Crippen LogP contribution in [0.2, 0.25) is 0 Å². The van der Waals surface area contributed by atoms with E-state index in [1.54, 1.807) is 36.4 Å². The highest BCUT2D eigenvalue weighted by Crippen LogP contribution is 2.45. The van der Waals surface area contributed by atoms with Crippen molar-refractivity contribution in [3.63, 3.8) is 0 Å². The molecule has 11 heteroatoms. The maximum atomic E-state index is 13.7. The standard InChI is InChI=1S/C22H8Br4IN3O3/c23-15-13-14(16(24)18(26)17(15)25)22(33)30(21(13)32)29-19(9-4-2-1-3-5-9)28-12-7-6-10(27)8-11(12)20(29)31/h1-8H. The Bertz CT molecular complexity index is 1540. The van der Waals surface area contributed by atoms with Gasteiger partial charge in [0.05, 0.1) is 22.0 Å². The first kappa shape index (κ1) is 23.3. The van der Waals surface area contributed by atoms with Crippen LogP contribution >= 0.6 is 86.3 Å². The quantitative estimate of drug-likeness (QED) is 0.0986. The molecule has 33 heavy (non-hydrogen) atoms. The Morgan fingerprint density at radius 3 is 1.91 bits per heavy atom. The predicted molar refractivity (Wildman–Crippen MR) is 148 cm³/mol. The van der Waals surface area contributed by atoms with Gasteiger partial charge in [-0.3, -0.25) is 14.4 Å². The predicted octanol–water partition coefficient (Wildman–Crippen LogP) is 6.65. The minimum absolute atomic E-state index is 0.149. The maximum absolute atomic E-state index is 13.7. The zero-order chi connectivity index (χ0) is 23.6. The fourth-order valence-electron chi connectivity index (χ4n) is 3.63. The van der Waals surface area contributed by atoms with Crippen molar-refractivity contribution >= 4 is 109 Å². The summed E-state index contributed by atoms with van der Waals surface area (Å²) < 4.78 is 3.85. The largest absolute Gasteiger partial charge is 0.282 e. The number of fused-ring (bicyclic) bond motifs is 2. The van der Waals surface area contributed by atoms with Gasteiger partial charge in [0, 0.05) is 27.0 Å². The smallest absolute Gasteiger partial charge is 0.267 e. The van der Waals surface area contributed by atoms with E-state index in [1.165, 1.54) is 0 Å². The van der Waals surface area contributed by atoms with Crippen LogP contribution in [-0.4, -0.2) is 21.5 Å². The second-order valence-electron chi connectivity index (χ2n) is 7.01. The molecule has 0 saturated carbocycles. The summed E-state index contributed by atoms with van der Waals surface area (Å²) in [6, 6.07) is 14.3. The zero-order valence-corrected chi connectivity index (χ0v) is 24.6. The number of carbonyl (C=O) groups is 2. The Morgan fingerprint density at radius 2 is 1.33 bits per heavy atom. The number of nitrogens with zero attached hydrogens (tertiary/aromatic N) is 3. The molecule has 0 fully saturated rings. The Balaban J connectivity index is 1.87. The molecule has 2 amide bonds. The summed E-state index contributed by atoms with van der Waals surface area (Å²) >= 11 is 15.8. The molecule has 0 radical (unpaired) electrons. The monoisotopic (exact) mass is 805 g/mol. The lowest BCUT2D eigenvalue weighted by atomic mass is 10.1. The highest BCUT2D eigenvalue weighted by Gasteiger charge is 2.43. The molecule has 1 aliphatic heterocycles. The molecule has 3 aromatic carbocycles. The molecule has 0 bridgehead atoms. The molecule has 0 atom stereocenters. The minimum atomic E-state index is -0.637. The van der Waals surface area contributed by atoms with Gasteiger partial charge in [-0.2, -0.15) is 9.69 Å². The Hall–Kier alpha value is -1.41. The van der Waals surface area contributed by atoms with Crippen molar-refractivity contribution in [1.29, 1.82) is 0 Å². The van der Waals surface area contributed by atoms with Crippen LogP contribution in [0.5, 0.6) is 0 Å². The third-order valence-corrected chi connectivity index (χ3v) is 10.6. The number of rotatable bonds is 2. The van der Waals surface area contributed by atoms with Crippen LogP contribution in [0.1, 0.15) is 20.7 Å². The Kier molecular flexibility index (Phi) is 6.13. The lowest BCUT2D eigenvalue weighted by molar-refractivity contribution is 0.0884. The number of hydrogen-bond acceptors (Lipinski definition) is 4. The molecule has 0 N–H and O–H groups in total. The first-order valence-electron chi connectivity index (χ1n) is 9.25. The van der Waals surface area contributed by atoms with Gasteiger partial charge in [-0.05, 0) is 105 Å². The van der Waals surface area contributed by atoms with Gasteiger partial charge in [0.15, 0.2) is 5.82 Å². The third-order valence-electron chi connectivity index (χ3n) is 5.12. The highest BCUT2D eigenvalue weighted by atomic mass is 127. The van der Waals surface area contributed by atoms with Gasteiger partial charge in [-0.1, -0.05) is 30.3 Å². The SMILES string of the molecule is O=C1c2c(Br)c(Br)c(Br)c(Br)c2C(=O)N1n1c(-c2ccccc2)nc2ccc(I)cc2c1=O. The molecule has 0 aliphatic carbocycles. The van der Waals surface area contributed by atoms with Crippen molar-refractivity contribution in [2.24, 2.45) is 0 Å². The van der Waals surface area contributed by atoms with E-state index in [2.05, 4.69) is 91.3 Å². The Morgan fingerprint density at radius 1 is 0.758 bits per heavy atom. The molecule has 1 aromatic heterocycles. The third kappa shape index (κ3) is 3.58. The van der Waals surface area contributed by atoms with E-state index in [-0.39, 0.29) is 17.0 Å². The molecule has 0 saturated heterocycles. The van der Waals surface area contributed by atoms with E-state index >= 15 is 0 Å². The summed E-state index contributed by atoms with van der Waals surface area (Å²) in [7, 11) is 0. The summed E-state index contributed by atoms with van der Waals surface area (Å²) in [6.07, 6.45) is 0. The topological polar surface area (TPSA) is 72.3 Å². The van der Waals surface area contributed by atoms with Crippen LogP contribution in [0.25, 0.3) is 22.3 Å². The van der Waals surface area contributed by atoms with Crippen molar-refractivity contribution in [1.82, 2.24) is 9.66 Å². The summed E-state index contributed by atoms with van der Waals surface area (Å²) in [5, 5.41) is 1.16. The highest BCUT2D eigenvalue weighted by molar-refractivity contribution is 14.1. The first-order chi connectivity index (χ1) is 15.7. The molecule has 164 valence electrons. The van der Waals surface area contributed by atoms with Gasteiger partial charge >= 0.3 is 0 Å². The second kappa shape index (κ2) is 8.67. The van der Waals surface area contributed by atoms with Crippen LogP contribution in [0.15, 0.2) is 71.2 Å². The van der Waals surface area contributed by atoms with Crippen molar-refractivity contribution in [2.75, 3.05) is 5.01 Å². The van der Waals surface area contributed by atoms with Gasteiger partial charge in [0.25, 0.3) is 17.4 Å². The van der Waals surface area contributed by atoms with Crippen molar-refractivity contribution < 1.29 is 9.59 Å². The average molecular weight is 809 g/mol. The molecule has 4 aromatic rings. The Labute approximate surface area is 234 Å². The van der Waals surface area contributed by atoms with E-state index in [0.29, 0.717) is 34.4 Å². The van der Waals surface area contributed by atoms with E-state index in [1.807, 2.05) is 12.1 Å². The van der Waals surface area contributed by atoms with E-state index < -0.39 is 17.4 Å². The minimum Gasteiger partial charge on any atom is -0.267 e. The van der Waals surface area contributed by atoms with E-state index in [0.717, 1.165) is 13.3 Å². The van der Waals surface area contributed by atoms with Crippen LogP contribution in [0, 0.1) is 3.57 Å². The number of benzene rings is 3. The number of amides is 2. The first-order valence-corrected chi connectivity index (χ1v) is 13.5. The summed E-state index contributed by atoms with van der Waals surface area (Å²) in [4.78, 5) is 45.6. The van der Waals surface area contributed by atoms with Crippen molar-refractivity contribution in [3.8, 4) is 11.4 Å². The fourth-order valence-corrected chi connectivity index (χ4v) is 6.58. The van der Waals surface area contributed by atoms with Crippen LogP contribution < -0.4 is 10.6 Å². The van der Waals surface area contributed by atoms with E-state index in [4.69, 9.17) is 0 Å². The number of halogens is 5. The van der Waals surface area contributed by atoms with Gasteiger partial charge < -0.3 is 0 Å². The molecular weight excluding hydrogens is 801 g/mol. The van der Waals surface area contributed by atoms with Gasteiger partial charge in [0.2, 0.25) is 0 Å². The number of imide groups is 1. The van der Waals surface area contributed by atoms with Crippen LogP contribution in [0.4, 0.5) is 0 Å². The summed E-state index contributed by atoms with van der Waals surface area (Å²) in [5.41, 5.74) is 0.843. The maximum Gasteiger partial charge on any atom is 0.282 e. The van der Waals surface area contributed by atoms with Crippen LogP contribution in [0.3, 0.4) is 0 Å². The molecule has 5 rings (SSSR count). The van der Waals surface area contributed by atoms with Crippen molar-refractivity contribution in [2.45, 2.75) is 0 Å². The normalized spacial score (nSPS) is 13.2. The van der Waals surface area contributed by atoms with Gasteiger partial charge in [-0.15, -0.1) is 0 Å². The lowest BCUT2D eigenvalue weighted by Crippen LogP contribution is -2.47. The van der Waals surface area contributed by atoms with Crippen LogP contribution in [-0.2, 0) is 0 Å². The van der Waals surface area contributed by atoms with Gasteiger partial charge in [0.1, 0.15) is 0 Å². The molecule has 2 heterocycles. The molecule has 6 nitrogen and oxygen atoms in total. The number of hydrogen-bond donors (Lipinski definition) is 0. The molecule has 0 unspecified atom stereocenters. The van der Waals surface area contributed by atoms with E-state index in [9.17, 15) is 14.4 Å². The molecule has 1 aliphatic rings. The molecular formula is C22H8Br4IN3O3.